The minimum atomic E-state index is -3.71. The number of hydrogen-bond donors (Lipinski definition) is 0. The maximum absolute atomic E-state index is 13.5. The zero-order chi connectivity index (χ0) is 22.2. The molecule has 3 atom stereocenters. The van der Waals surface area contributed by atoms with Crippen LogP contribution in [0.15, 0.2) is 58.3 Å². The number of nitrogens with zero attached hydrogens (tertiary/aromatic N) is 2. The van der Waals surface area contributed by atoms with Gasteiger partial charge in [0.1, 0.15) is 0 Å². The maximum Gasteiger partial charge on any atom is 0.258 e. The number of thioether (sulfide) groups is 1. The van der Waals surface area contributed by atoms with Gasteiger partial charge in [-0.2, -0.15) is 4.31 Å². The lowest BCUT2D eigenvalue weighted by molar-refractivity contribution is -0.0440. The van der Waals surface area contributed by atoms with Gasteiger partial charge < -0.3 is 9.64 Å². The van der Waals surface area contributed by atoms with Crippen molar-refractivity contribution < 1.29 is 17.9 Å². The summed E-state index contributed by atoms with van der Waals surface area (Å²) in [5.74, 6) is -0.178. The molecule has 2 aliphatic heterocycles. The van der Waals surface area contributed by atoms with Gasteiger partial charge in [-0.3, -0.25) is 4.79 Å². The molecule has 1 saturated heterocycles. The van der Waals surface area contributed by atoms with Crippen molar-refractivity contribution in [3.63, 3.8) is 0 Å². The topological polar surface area (TPSA) is 66.9 Å². The largest absolute Gasteiger partial charge is 0.373 e. The molecular formula is C23H28N2O4S2. The third-order valence-electron chi connectivity index (χ3n) is 5.59. The second kappa shape index (κ2) is 8.94. The Labute approximate surface area is 188 Å². The summed E-state index contributed by atoms with van der Waals surface area (Å²) >= 11 is 1.77. The normalized spacial score (nSPS) is 25.0. The van der Waals surface area contributed by atoms with Crippen molar-refractivity contribution in [3.8, 4) is 0 Å². The third kappa shape index (κ3) is 4.67. The lowest BCUT2D eigenvalue weighted by atomic mass is 10.1. The quantitative estimate of drug-likeness (QED) is 0.692. The first kappa shape index (κ1) is 22.3. The van der Waals surface area contributed by atoms with Crippen molar-refractivity contribution in [3.05, 3.63) is 54.1 Å². The van der Waals surface area contributed by atoms with Gasteiger partial charge in [0.2, 0.25) is 10.0 Å². The van der Waals surface area contributed by atoms with Crippen LogP contribution in [0.3, 0.4) is 0 Å². The number of anilines is 1. The summed E-state index contributed by atoms with van der Waals surface area (Å²) < 4.78 is 33.7. The van der Waals surface area contributed by atoms with Crippen molar-refractivity contribution >= 4 is 33.4 Å². The van der Waals surface area contributed by atoms with Crippen LogP contribution in [-0.4, -0.2) is 55.7 Å². The molecule has 0 bridgehead atoms. The lowest BCUT2D eigenvalue weighted by Gasteiger charge is -2.34. The summed E-state index contributed by atoms with van der Waals surface area (Å²) in [5.41, 5.74) is 1.26. The van der Waals surface area contributed by atoms with Gasteiger partial charge in [-0.25, -0.2) is 8.42 Å². The Hall–Kier alpha value is -1.87. The van der Waals surface area contributed by atoms with Crippen LogP contribution in [0.25, 0.3) is 0 Å². The summed E-state index contributed by atoms with van der Waals surface area (Å²) in [6.45, 7) is 7.10. The van der Waals surface area contributed by atoms with E-state index in [-0.39, 0.29) is 23.0 Å². The van der Waals surface area contributed by atoms with E-state index < -0.39 is 10.0 Å². The Morgan fingerprint density at radius 2 is 1.74 bits per heavy atom. The Kier molecular flexibility index (Phi) is 6.44. The van der Waals surface area contributed by atoms with Gasteiger partial charge in [0, 0.05) is 35.3 Å². The van der Waals surface area contributed by atoms with Crippen molar-refractivity contribution in [1.29, 1.82) is 0 Å². The molecule has 3 unspecified atom stereocenters. The molecule has 0 spiro atoms. The highest BCUT2D eigenvalue weighted by molar-refractivity contribution is 8.00. The van der Waals surface area contributed by atoms with Crippen LogP contribution in [0.1, 0.15) is 37.6 Å². The molecule has 6 nitrogen and oxygen atoms in total. The minimum absolute atomic E-state index is 0.144. The number of fused-ring (bicyclic) bond motifs is 1. The Balaban J connectivity index is 1.65. The molecule has 0 saturated carbocycles. The molecule has 2 aliphatic rings. The number of para-hydroxylation sites is 1. The van der Waals surface area contributed by atoms with E-state index in [1.54, 1.807) is 34.9 Å². The predicted octanol–water partition coefficient (Wildman–Crippen LogP) is 4.02. The first-order valence-corrected chi connectivity index (χ1v) is 12.9. The molecule has 2 heterocycles. The van der Waals surface area contributed by atoms with Gasteiger partial charge in [0.05, 0.1) is 22.8 Å². The molecule has 166 valence electrons. The van der Waals surface area contributed by atoms with E-state index in [1.807, 2.05) is 38.1 Å². The summed E-state index contributed by atoms with van der Waals surface area (Å²) in [5, 5.41) is 0.399. The van der Waals surface area contributed by atoms with E-state index >= 15 is 0 Å². The standard InChI is InChI=1S/C23H28N2O4S2/c1-16-14-24(15-17(2)29-16)31(27,28)20-8-6-7-19(13-20)23(26)25-12-11-18(3)30-22-10-5-4-9-21(22)25/h4-10,13,16-18H,11-12,14-15H2,1-3H3. The van der Waals surface area contributed by atoms with Crippen molar-refractivity contribution in [2.24, 2.45) is 0 Å². The highest BCUT2D eigenvalue weighted by Crippen LogP contribution is 2.38. The van der Waals surface area contributed by atoms with Crippen LogP contribution >= 0.6 is 11.8 Å². The number of morpholine rings is 1. The van der Waals surface area contributed by atoms with Crippen molar-refractivity contribution in [2.45, 2.75) is 54.4 Å². The average Bonchev–Trinajstić information content (AvgIpc) is 2.91. The Bertz CT molecular complexity index is 1060. The first-order chi connectivity index (χ1) is 14.8. The van der Waals surface area contributed by atoms with Crippen LogP contribution in [0.4, 0.5) is 5.69 Å². The molecule has 31 heavy (non-hydrogen) atoms. The molecule has 2 aromatic carbocycles. The SMILES string of the molecule is CC1CN(S(=O)(=O)c2cccc(C(=O)N3CCC(C)Sc4ccccc43)c2)CC(C)O1. The Morgan fingerprint density at radius 1 is 1.03 bits per heavy atom. The van der Waals surface area contributed by atoms with Crippen molar-refractivity contribution in [2.75, 3.05) is 24.5 Å². The van der Waals surface area contributed by atoms with E-state index in [0.29, 0.717) is 30.4 Å². The molecule has 0 N–H and O–H groups in total. The molecule has 1 amide bonds. The van der Waals surface area contributed by atoms with E-state index in [2.05, 4.69) is 6.92 Å². The number of hydrogen-bond acceptors (Lipinski definition) is 5. The summed E-state index contributed by atoms with van der Waals surface area (Å²) in [7, 11) is -3.71. The number of sulfonamides is 1. The van der Waals surface area contributed by atoms with Crippen LogP contribution in [0.5, 0.6) is 0 Å². The average molecular weight is 461 g/mol. The van der Waals surface area contributed by atoms with Gasteiger partial charge in [-0.1, -0.05) is 25.1 Å². The number of ether oxygens (including phenoxy) is 1. The maximum atomic E-state index is 13.5. The lowest BCUT2D eigenvalue weighted by Crippen LogP contribution is -2.48. The summed E-state index contributed by atoms with van der Waals surface area (Å²) in [4.78, 5) is 16.5. The summed E-state index contributed by atoms with van der Waals surface area (Å²) in [6.07, 6.45) is 0.528. The number of amides is 1. The first-order valence-electron chi connectivity index (χ1n) is 10.6. The molecule has 1 fully saturated rings. The van der Waals surface area contributed by atoms with E-state index in [9.17, 15) is 13.2 Å². The fourth-order valence-electron chi connectivity index (χ4n) is 4.12. The van der Waals surface area contributed by atoms with Gasteiger partial charge in [-0.15, -0.1) is 11.8 Å². The van der Waals surface area contributed by atoms with Gasteiger partial charge in [-0.05, 0) is 50.6 Å². The second-order valence-electron chi connectivity index (χ2n) is 8.25. The predicted molar refractivity (Wildman–Crippen MR) is 123 cm³/mol. The zero-order valence-corrected chi connectivity index (χ0v) is 19.7. The Morgan fingerprint density at radius 3 is 2.48 bits per heavy atom. The van der Waals surface area contributed by atoms with Crippen LogP contribution in [-0.2, 0) is 14.8 Å². The molecule has 0 aliphatic carbocycles. The smallest absolute Gasteiger partial charge is 0.258 e. The fourth-order valence-corrected chi connectivity index (χ4v) is 6.87. The molecular weight excluding hydrogens is 432 g/mol. The van der Waals surface area contributed by atoms with Gasteiger partial charge >= 0.3 is 0 Å². The van der Waals surface area contributed by atoms with E-state index in [0.717, 1.165) is 17.0 Å². The number of rotatable bonds is 3. The van der Waals surface area contributed by atoms with Gasteiger partial charge in [0.25, 0.3) is 5.91 Å². The number of carbonyl (C=O) groups is 1. The monoisotopic (exact) mass is 460 g/mol. The molecule has 0 aromatic heterocycles. The minimum Gasteiger partial charge on any atom is -0.373 e. The number of benzene rings is 2. The molecule has 2 aromatic rings. The summed E-state index contributed by atoms with van der Waals surface area (Å²) in [6, 6.07) is 14.3. The van der Waals surface area contributed by atoms with Crippen LogP contribution in [0.2, 0.25) is 0 Å². The second-order valence-corrected chi connectivity index (χ2v) is 11.7. The molecule has 8 heteroatoms. The third-order valence-corrected chi connectivity index (χ3v) is 8.66. The van der Waals surface area contributed by atoms with E-state index in [1.165, 1.54) is 10.4 Å². The van der Waals surface area contributed by atoms with Gasteiger partial charge in [0.15, 0.2) is 0 Å². The highest BCUT2D eigenvalue weighted by Gasteiger charge is 2.33. The van der Waals surface area contributed by atoms with Crippen LogP contribution < -0.4 is 4.90 Å². The molecule has 0 radical (unpaired) electrons. The van der Waals surface area contributed by atoms with E-state index in [4.69, 9.17) is 4.74 Å². The highest BCUT2D eigenvalue weighted by atomic mass is 32.2. The van der Waals surface area contributed by atoms with Crippen LogP contribution in [0, 0.1) is 0 Å². The zero-order valence-electron chi connectivity index (χ0n) is 18.0. The fraction of sp³-hybridized carbons (Fsp3) is 0.435. The molecule has 4 rings (SSSR count). The van der Waals surface area contributed by atoms with Crippen molar-refractivity contribution in [1.82, 2.24) is 4.31 Å². The number of carbonyl (C=O) groups excluding carboxylic acids is 1.